The summed E-state index contributed by atoms with van der Waals surface area (Å²) in [5.74, 6) is -0.583. The molecule has 9 heteroatoms. The molecule has 1 heterocycles. The quantitative estimate of drug-likeness (QED) is 0.507. The van der Waals surface area contributed by atoms with Crippen molar-refractivity contribution >= 4 is 21.6 Å². The Bertz CT molecular complexity index is 1340. The molecule has 3 rings (SSSR count). The van der Waals surface area contributed by atoms with Crippen LogP contribution in [0.25, 0.3) is 0 Å². The van der Waals surface area contributed by atoms with E-state index in [1.807, 2.05) is 41.5 Å². The van der Waals surface area contributed by atoms with Gasteiger partial charge in [-0.25, -0.2) is 13.1 Å². The maximum Gasteiger partial charge on any atom is 0.287 e. The summed E-state index contributed by atoms with van der Waals surface area (Å²) in [6, 6.07) is 9.89. The van der Waals surface area contributed by atoms with Crippen molar-refractivity contribution in [3.63, 3.8) is 0 Å². The number of nitrogens with zero attached hydrogens (tertiary/aromatic N) is 2. The van der Waals surface area contributed by atoms with Gasteiger partial charge in [-0.05, 0) is 55.7 Å². The van der Waals surface area contributed by atoms with Crippen molar-refractivity contribution in [1.82, 2.24) is 14.5 Å². The van der Waals surface area contributed by atoms with Gasteiger partial charge in [-0.2, -0.15) is 5.10 Å². The number of sulfonamides is 1. The molecule has 0 bridgehead atoms. The van der Waals surface area contributed by atoms with Crippen LogP contribution < -0.4 is 15.2 Å². The van der Waals surface area contributed by atoms with Crippen LogP contribution in [-0.2, 0) is 22.0 Å². The first-order valence-corrected chi connectivity index (χ1v) is 12.4. The summed E-state index contributed by atoms with van der Waals surface area (Å²) in [6.45, 7) is 12.2. The van der Waals surface area contributed by atoms with Crippen LogP contribution in [0.15, 0.2) is 41.3 Å². The van der Waals surface area contributed by atoms with Crippen LogP contribution >= 0.6 is 0 Å². The smallest absolute Gasteiger partial charge is 0.287 e. The second kappa shape index (κ2) is 9.13. The molecule has 0 saturated carbocycles. The summed E-state index contributed by atoms with van der Waals surface area (Å²) in [4.78, 5) is 13.3. The molecule has 0 saturated heterocycles. The Morgan fingerprint density at radius 2 is 1.76 bits per heavy atom. The Labute approximate surface area is 202 Å². The van der Waals surface area contributed by atoms with Crippen LogP contribution in [0.2, 0.25) is 0 Å². The first kappa shape index (κ1) is 25.3. The van der Waals surface area contributed by atoms with Gasteiger partial charge in [-0.15, -0.1) is 0 Å². The lowest BCUT2D eigenvalue weighted by atomic mass is 9.91. The highest BCUT2D eigenvalue weighted by Crippen LogP contribution is 2.34. The third-order valence-electron chi connectivity index (χ3n) is 5.58. The minimum Gasteiger partial charge on any atom is -0.492 e. The number of carbonyl (C=O) groups is 1. The van der Waals surface area contributed by atoms with Gasteiger partial charge in [0.1, 0.15) is 5.69 Å². The van der Waals surface area contributed by atoms with Crippen LogP contribution in [0.1, 0.15) is 60.6 Å². The molecule has 1 amide bonds. The van der Waals surface area contributed by atoms with Crippen LogP contribution in [0.4, 0.5) is 5.69 Å². The fourth-order valence-corrected chi connectivity index (χ4v) is 4.99. The Morgan fingerprint density at radius 3 is 2.29 bits per heavy atom. The topological polar surface area (TPSA) is 116 Å². The Morgan fingerprint density at radius 1 is 1.15 bits per heavy atom. The molecule has 3 N–H and O–H groups in total. The molecule has 0 aliphatic heterocycles. The molecule has 0 aliphatic rings. The van der Waals surface area contributed by atoms with Crippen LogP contribution in [-0.4, -0.2) is 31.2 Å². The van der Waals surface area contributed by atoms with Crippen molar-refractivity contribution in [2.45, 2.75) is 58.4 Å². The zero-order chi connectivity index (χ0) is 25.4. The molecule has 0 unspecified atom stereocenters. The lowest BCUT2D eigenvalue weighted by molar-refractivity contribution is 0.0968. The van der Waals surface area contributed by atoms with E-state index >= 15 is 0 Å². The Balaban J connectivity index is 0.00000432. The fourth-order valence-electron chi connectivity index (χ4n) is 3.98. The highest BCUT2D eigenvalue weighted by molar-refractivity contribution is 7.90. The molecule has 2 aromatic carbocycles. The lowest BCUT2D eigenvalue weighted by Crippen LogP contribution is -2.32. The van der Waals surface area contributed by atoms with Crippen molar-refractivity contribution < 1.29 is 19.4 Å². The SMILES string of the molecule is COc1c(C(C)(C)C)nn(Cc2c(C)cc(C)cc2C)c1C(=O)NS(=O)(=O)c1cccc(N)c1.[HH]. The van der Waals surface area contributed by atoms with E-state index in [9.17, 15) is 13.2 Å². The molecule has 0 aliphatic carbocycles. The molecule has 8 nitrogen and oxygen atoms in total. The largest absolute Gasteiger partial charge is 0.492 e. The molecule has 184 valence electrons. The molecule has 0 spiro atoms. The first-order chi connectivity index (χ1) is 15.7. The summed E-state index contributed by atoms with van der Waals surface area (Å²) in [7, 11) is -2.72. The Hall–Kier alpha value is -3.33. The van der Waals surface area contributed by atoms with Gasteiger partial charge in [0.15, 0.2) is 11.4 Å². The third-order valence-corrected chi connectivity index (χ3v) is 6.91. The first-order valence-electron chi connectivity index (χ1n) is 10.9. The maximum atomic E-state index is 13.4. The monoisotopic (exact) mass is 486 g/mol. The number of nitrogens with one attached hydrogen (secondary N) is 1. The molecular formula is C25H34N4O4S. The molecular weight excluding hydrogens is 452 g/mol. The fraction of sp³-hybridized carbons (Fsp3) is 0.360. The number of benzene rings is 2. The molecule has 34 heavy (non-hydrogen) atoms. The number of aromatic nitrogens is 2. The summed E-state index contributed by atoms with van der Waals surface area (Å²) in [6.07, 6.45) is 0. The van der Waals surface area contributed by atoms with Crippen molar-refractivity contribution in [1.29, 1.82) is 0 Å². The van der Waals surface area contributed by atoms with Gasteiger partial charge in [0, 0.05) is 12.5 Å². The molecule has 0 atom stereocenters. The average molecular weight is 487 g/mol. The van der Waals surface area contributed by atoms with Crippen molar-refractivity contribution in [3.05, 3.63) is 70.0 Å². The second-order valence-corrected chi connectivity index (χ2v) is 11.2. The number of aryl methyl sites for hydroxylation is 3. The third kappa shape index (κ3) is 5.09. The Kier molecular flexibility index (Phi) is 6.80. The highest BCUT2D eigenvalue weighted by Gasteiger charge is 2.33. The van der Waals surface area contributed by atoms with E-state index in [1.165, 1.54) is 30.0 Å². The van der Waals surface area contributed by atoms with Crippen molar-refractivity contribution in [3.8, 4) is 5.75 Å². The molecule has 0 radical (unpaired) electrons. The number of hydrogen-bond donors (Lipinski definition) is 2. The predicted octanol–water partition coefficient (Wildman–Crippen LogP) is 4.11. The number of nitrogen functional groups attached to an aromatic ring is 1. The molecule has 0 fully saturated rings. The summed E-state index contributed by atoms with van der Waals surface area (Å²) in [5, 5.41) is 4.71. The number of ether oxygens (including phenoxy) is 1. The van der Waals surface area contributed by atoms with Gasteiger partial charge in [0.05, 0.1) is 18.6 Å². The maximum absolute atomic E-state index is 13.4. The number of nitrogens with two attached hydrogens (primary N) is 1. The van der Waals surface area contributed by atoms with Crippen LogP contribution in [0.3, 0.4) is 0 Å². The van der Waals surface area contributed by atoms with Crippen molar-refractivity contribution in [2.24, 2.45) is 0 Å². The van der Waals surface area contributed by atoms with Gasteiger partial charge in [-0.3, -0.25) is 9.48 Å². The van der Waals surface area contributed by atoms with Gasteiger partial charge in [0.2, 0.25) is 0 Å². The number of rotatable bonds is 6. The van der Waals surface area contributed by atoms with Crippen molar-refractivity contribution in [2.75, 3.05) is 12.8 Å². The number of amides is 1. The predicted molar refractivity (Wildman–Crippen MR) is 135 cm³/mol. The number of carbonyl (C=O) groups excluding carboxylic acids is 1. The van der Waals surface area contributed by atoms with E-state index in [4.69, 9.17) is 15.6 Å². The number of hydrogen-bond acceptors (Lipinski definition) is 6. The molecule has 1 aromatic heterocycles. The zero-order valence-electron chi connectivity index (χ0n) is 20.7. The van der Waals surface area contributed by atoms with E-state index in [1.54, 1.807) is 6.07 Å². The summed E-state index contributed by atoms with van der Waals surface area (Å²) < 4.78 is 35.1. The summed E-state index contributed by atoms with van der Waals surface area (Å²) >= 11 is 0. The van der Waals surface area contributed by atoms with E-state index in [0.29, 0.717) is 5.69 Å². The lowest BCUT2D eigenvalue weighted by Gasteiger charge is -2.16. The van der Waals surface area contributed by atoms with E-state index in [-0.39, 0.29) is 30.0 Å². The second-order valence-electron chi connectivity index (χ2n) is 9.52. The minimum absolute atomic E-state index is 0. The van der Waals surface area contributed by atoms with Crippen LogP contribution in [0.5, 0.6) is 5.75 Å². The van der Waals surface area contributed by atoms with Gasteiger partial charge in [0.25, 0.3) is 15.9 Å². The van der Waals surface area contributed by atoms with E-state index < -0.39 is 21.3 Å². The average Bonchev–Trinajstić information content (AvgIpc) is 3.09. The highest BCUT2D eigenvalue weighted by atomic mass is 32.2. The van der Waals surface area contributed by atoms with Gasteiger partial charge >= 0.3 is 0 Å². The van der Waals surface area contributed by atoms with Gasteiger partial charge in [-0.1, -0.05) is 44.5 Å². The molecule has 3 aromatic rings. The normalized spacial score (nSPS) is 12.0. The zero-order valence-corrected chi connectivity index (χ0v) is 21.5. The number of anilines is 1. The van der Waals surface area contributed by atoms with Gasteiger partial charge < -0.3 is 10.5 Å². The van der Waals surface area contributed by atoms with E-state index in [2.05, 4.69) is 16.9 Å². The standard InChI is InChI=1S/C25H32N4O4S.H2/c1-15-11-16(2)20(17(3)12-15)14-29-21(22(33-7)23(27-29)25(4,5)6)24(30)28-34(31,32)19-10-8-9-18(26)13-19;/h8-13H,14,26H2,1-7H3,(H,28,30);1H. The van der Waals surface area contributed by atoms with E-state index in [0.717, 1.165) is 22.3 Å². The minimum atomic E-state index is -4.17. The summed E-state index contributed by atoms with van der Waals surface area (Å²) in [5.41, 5.74) is 10.4. The van der Waals surface area contributed by atoms with Crippen LogP contribution in [0, 0.1) is 20.8 Å². The number of methoxy groups -OCH3 is 1.